The Balaban J connectivity index is 1.38. The first-order valence-electron chi connectivity index (χ1n) is 15.8. The van der Waals surface area contributed by atoms with Crippen LogP contribution < -0.4 is 9.80 Å². The average molecular weight is 648 g/mol. The summed E-state index contributed by atoms with van der Waals surface area (Å²) in [6.07, 6.45) is 0.601. The number of amides is 3. The maximum absolute atomic E-state index is 14.5. The molecule has 2 aromatic carbocycles. The Hall–Kier alpha value is -3.84. The van der Waals surface area contributed by atoms with E-state index < -0.39 is 49.7 Å². The monoisotopic (exact) mass is 647 g/mol. The number of rotatable bonds is 8. The van der Waals surface area contributed by atoms with Gasteiger partial charge in [-0.2, -0.15) is 0 Å². The van der Waals surface area contributed by atoms with Crippen molar-refractivity contribution in [3.8, 4) is 0 Å². The molecule has 6 rings (SSSR count). The zero-order valence-corrected chi connectivity index (χ0v) is 27.6. The number of carbonyl (C=O) groups excluding carboxylic acids is 4. The summed E-state index contributed by atoms with van der Waals surface area (Å²) in [5.74, 6) is -1.80. The van der Waals surface area contributed by atoms with Crippen LogP contribution in [0.5, 0.6) is 0 Å². The lowest BCUT2D eigenvalue weighted by molar-refractivity contribution is -0.154. The third-order valence-electron chi connectivity index (χ3n) is 10.0. The van der Waals surface area contributed by atoms with Gasteiger partial charge < -0.3 is 29.2 Å². The maximum atomic E-state index is 14.5. The van der Waals surface area contributed by atoms with Crippen LogP contribution in [-0.4, -0.2) is 78.3 Å². The minimum Gasteiger partial charge on any atom is -0.441 e. The molecule has 244 valence electrons. The molecule has 1 unspecified atom stereocenters. The highest BCUT2D eigenvalue weighted by Gasteiger charge is 2.66. The first kappa shape index (κ1) is 32.1. The molecule has 4 aliphatic rings. The van der Waals surface area contributed by atoms with E-state index in [1.807, 2.05) is 31.2 Å². The highest BCUT2D eigenvalue weighted by Crippen LogP contribution is 2.60. The van der Waals surface area contributed by atoms with Gasteiger partial charge in [0, 0.05) is 42.7 Å². The second-order valence-electron chi connectivity index (χ2n) is 13.3. The van der Waals surface area contributed by atoms with Gasteiger partial charge in [0.2, 0.25) is 11.8 Å². The van der Waals surface area contributed by atoms with Gasteiger partial charge in [-0.15, -0.1) is 6.58 Å². The quantitative estimate of drug-likeness (QED) is 0.193. The number of anilines is 2. The van der Waals surface area contributed by atoms with Crippen LogP contribution in [0, 0.1) is 5.92 Å². The zero-order chi connectivity index (χ0) is 33.1. The van der Waals surface area contributed by atoms with E-state index in [1.165, 1.54) is 11.8 Å². The Bertz CT molecular complexity index is 1610. The topological polar surface area (TPSA) is 137 Å². The number of aliphatic hydroxyl groups excluding tert-OH is 1. The Labute approximate surface area is 269 Å². The lowest BCUT2D eigenvalue weighted by atomic mass is 9.82. The molecule has 3 amide bonds. The predicted octanol–water partition coefficient (Wildman–Crippen LogP) is 2.98. The zero-order valence-electron chi connectivity index (χ0n) is 26.6. The van der Waals surface area contributed by atoms with Crippen LogP contribution in [0.2, 0.25) is 18.6 Å². The van der Waals surface area contributed by atoms with Crippen molar-refractivity contribution in [1.82, 2.24) is 4.90 Å². The largest absolute Gasteiger partial charge is 0.441 e. The molecular weight excluding hydrogens is 606 g/mol. The van der Waals surface area contributed by atoms with E-state index in [-0.39, 0.29) is 43.7 Å². The van der Waals surface area contributed by atoms with E-state index >= 15 is 0 Å². The van der Waals surface area contributed by atoms with Gasteiger partial charge in [0.25, 0.3) is 5.91 Å². The Kier molecular flexibility index (Phi) is 8.20. The standard InChI is InChI=1S/C34H41N3O8Si/c1-6-13-35-27-12-11-24(37-30(41)17-31(37)44-21(3)39)15-26(27)34(33(35)42)20(2)32(46(4,5)43)28(45-34)16-29(40)36-18-23-10-8-7-9-22(23)14-25(36)19-38/h6-12,15,20,25,28,31-32,38,43H,1,13-14,16-19H2,2-5H3/t20-,25+,28+,31?,32-,34+/m1/s1. The van der Waals surface area contributed by atoms with Crippen LogP contribution in [0.3, 0.4) is 0 Å². The van der Waals surface area contributed by atoms with Gasteiger partial charge in [0.15, 0.2) is 20.1 Å². The van der Waals surface area contributed by atoms with Crippen molar-refractivity contribution in [1.29, 1.82) is 0 Å². The van der Waals surface area contributed by atoms with Crippen molar-refractivity contribution in [2.75, 3.05) is 23.0 Å². The van der Waals surface area contributed by atoms with Crippen LogP contribution in [0.15, 0.2) is 55.1 Å². The second kappa shape index (κ2) is 11.7. The van der Waals surface area contributed by atoms with Crippen LogP contribution in [0.1, 0.15) is 43.4 Å². The van der Waals surface area contributed by atoms with Crippen LogP contribution in [-0.2, 0) is 47.2 Å². The third-order valence-corrected chi connectivity index (χ3v) is 12.5. The van der Waals surface area contributed by atoms with Gasteiger partial charge in [-0.3, -0.25) is 24.1 Å². The van der Waals surface area contributed by atoms with Crippen molar-refractivity contribution < 1.29 is 38.6 Å². The summed E-state index contributed by atoms with van der Waals surface area (Å²) in [6, 6.07) is 12.7. The fraction of sp³-hybridized carbons (Fsp3) is 0.471. The smallest absolute Gasteiger partial charge is 0.304 e. The van der Waals surface area contributed by atoms with E-state index in [9.17, 15) is 29.1 Å². The van der Waals surface area contributed by atoms with E-state index in [0.29, 0.717) is 29.9 Å². The van der Waals surface area contributed by atoms with Gasteiger partial charge in [0.05, 0.1) is 37.3 Å². The molecule has 4 aliphatic heterocycles. The molecule has 2 saturated heterocycles. The number of hydrogen-bond donors (Lipinski definition) is 2. The van der Waals surface area contributed by atoms with Gasteiger partial charge >= 0.3 is 5.97 Å². The number of hydrogen-bond acceptors (Lipinski definition) is 8. The molecule has 0 bridgehead atoms. The summed E-state index contributed by atoms with van der Waals surface area (Å²) in [5, 5.41) is 10.2. The molecule has 1 spiro atoms. The van der Waals surface area contributed by atoms with Crippen molar-refractivity contribution in [3.05, 3.63) is 71.8 Å². The summed E-state index contributed by atoms with van der Waals surface area (Å²) < 4.78 is 12.2. The fourth-order valence-corrected chi connectivity index (χ4v) is 10.6. The molecule has 0 saturated carbocycles. The van der Waals surface area contributed by atoms with Gasteiger partial charge in [-0.1, -0.05) is 37.3 Å². The predicted molar refractivity (Wildman–Crippen MR) is 172 cm³/mol. The van der Waals surface area contributed by atoms with Crippen LogP contribution >= 0.6 is 0 Å². The molecule has 0 aliphatic carbocycles. The summed E-state index contributed by atoms with van der Waals surface area (Å²) in [5.41, 5.74) is 1.67. The molecule has 2 N–H and O–H groups in total. The number of aliphatic hydroxyl groups is 1. The number of β-lactam (4-membered cyclic amide) rings is 1. The van der Waals surface area contributed by atoms with Gasteiger partial charge in [0.1, 0.15) is 0 Å². The molecular formula is C34H41N3O8Si. The van der Waals surface area contributed by atoms with Crippen LogP contribution in [0.4, 0.5) is 11.4 Å². The SMILES string of the molecule is C=CCN1C(=O)[C@@]2(O[C@@H](CC(=O)N3Cc4ccccc4C[C@H]3CO)[C@H]([Si](C)(C)O)[C@H]2C)c2cc(N3C(=O)CC3OC(C)=O)ccc21. The Morgan fingerprint density at radius 3 is 2.50 bits per heavy atom. The maximum Gasteiger partial charge on any atom is 0.304 e. The molecule has 11 nitrogen and oxygen atoms in total. The van der Waals surface area contributed by atoms with Crippen LogP contribution in [0.25, 0.3) is 0 Å². The molecule has 2 fully saturated rings. The normalized spacial score (nSPS) is 28.7. The van der Waals surface area contributed by atoms with Crippen molar-refractivity contribution in [2.45, 2.75) is 82.3 Å². The fourth-order valence-electron chi connectivity index (χ4n) is 8.04. The molecule has 12 heteroatoms. The van der Waals surface area contributed by atoms with E-state index in [1.54, 1.807) is 47.2 Å². The van der Waals surface area contributed by atoms with Crippen molar-refractivity contribution in [3.63, 3.8) is 0 Å². The number of esters is 1. The number of benzene rings is 2. The lowest BCUT2D eigenvalue weighted by Crippen LogP contribution is -2.55. The Morgan fingerprint density at radius 1 is 1.15 bits per heavy atom. The lowest BCUT2D eigenvalue weighted by Gasteiger charge is -2.39. The number of ether oxygens (including phenoxy) is 2. The molecule has 6 atom stereocenters. The van der Waals surface area contributed by atoms with Gasteiger partial charge in [-0.05, 0) is 48.8 Å². The second-order valence-corrected chi connectivity index (χ2v) is 17.3. The minimum atomic E-state index is -3.06. The summed E-state index contributed by atoms with van der Waals surface area (Å²) in [7, 11) is -3.06. The first-order chi connectivity index (χ1) is 21.8. The van der Waals surface area contributed by atoms with Crippen molar-refractivity contribution >= 4 is 43.4 Å². The molecule has 4 heterocycles. The summed E-state index contributed by atoms with van der Waals surface area (Å²) >= 11 is 0. The summed E-state index contributed by atoms with van der Waals surface area (Å²) in [6.45, 7) is 11.0. The average Bonchev–Trinajstić information content (AvgIpc) is 3.42. The Morgan fingerprint density at radius 2 is 1.87 bits per heavy atom. The van der Waals surface area contributed by atoms with E-state index in [4.69, 9.17) is 9.47 Å². The number of nitrogens with zero attached hydrogens (tertiary/aromatic N) is 3. The number of fused-ring (bicyclic) bond motifs is 3. The van der Waals surface area contributed by atoms with E-state index in [2.05, 4.69) is 6.58 Å². The molecule has 0 radical (unpaired) electrons. The van der Waals surface area contributed by atoms with Gasteiger partial charge in [-0.25, -0.2) is 0 Å². The molecule has 2 aromatic rings. The highest BCUT2D eigenvalue weighted by atomic mass is 28.4. The minimum absolute atomic E-state index is 0.0581. The summed E-state index contributed by atoms with van der Waals surface area (Å²) in [4.78, 5) is 69.2. The highest BCUT2D eigenvalue weighted by molar-refractivity contribution is 6.71. The number of carbonyl (C=O) groups is 4. The van der Waals surface area contributed by atoms with Crippen molar-refractivity contribution in [2.24, 2.45) is 5.92 Å². The third kappa shape index (κ3) is 5.07. The van der Waals surface area contributed by atoms with E-state index in [0.717, 1.165) is 11.1 Å². The first-order valence-corrected chi connectivity index (χ1v) is 18.8. The molecule has 46 heavy (non-hydrogen) atoms. The molecule has 0 aromatic heterocycles.